The van der Waals surface area contributed by atoms with Crippen LogP contribution < -0.4 is 16.6 Å². The minimum atomic E-state index is -0.684. The fourth-order valence-corrected chi connectivity index (χ4v) is 3.57. The van der Waals surface area contributed by atoms with Gasteiger partial charge in [0.15, 0.2) is 5.69 Å². The first-order valence-corrected chi connectivity index (χ1v) is 10.6. The van der Waals surface area contributed by atoms with Crippen molar-refractivity contribution in [1.29, 1.82) is 0 Å². The number of aromatic nitrogens is 5. The molecule has 0 unspecified atom stereocenters. The van der Waals surface area contributed by atoms with Gasteiger partial charge in [0.05, 0.1) is 5.69 Å². The first-order chi connectivity index (χ1) is 15.4. The summed E-state index contributed by atoms with van der Waals surface area (Å²) in [6.07, 6.45) is 3.26. The Balaban J connectivity index is 1.51. The molecule has 0 saturated carbocycles. The van der Waals surface area contributed by atoms with Crippen molar-refractivity contribution in [2.45, 2.75) is 26.2 Å². The summed E-state index contributed by atoms with van der Waals surface area (Å²) in [5.41, 5.74) is 0.0151. The van der Waals surface area contributed by atoms with Crippen LogP contribution in [-0.2, 0) is 7.05 Å². The van der Waals surface area contributed by atoms with E-state index in [1.54, 1.807) is 12.1 Å². The van der Waals surface area contributed by atoms with E-state index in [-0.39, 0.29) is 17.4 Å². The number of benzene rings is 1. The summed E-state index contributed by atoms with van der Waals surface area (Å²) in [5, 5.41) is 10.6. The number of hydrogen-bond acceptors (Lipinski definition) is 8. The SMILES string of the molecule is Cc1ccc(-n2nc(-c3noc(C(=O)NCCCN4CCCC4)n3)c(=O)n(C)c2=O)cc1. The van der Waals surface area contributed by atoms with Crippen LogP contribution in [0.1, 0.15) is 35.5 Å². The number of rotatable bonds is 7. The first-order valence-electron chi connectivity index (χ1n) is 10.6. The molecule has 168 valence electrons. The van der Waals surface area contributed by atoms with Gasteiger partial charge in [0.2, 0.25) is 5.82 Å². The number of aryl methyl sites for hydroxylation is 1. The molecule has 1 aromatic carbocycles. The number of nitrogens with zero attached hydrogens (tertiary/aromatic N) is 6. The van der Waals surface area contributed by atoms with Crippen molar-refractivity contribution in [3.8, 4) is 17.2 Å². The lowest BCUT2D eigenvalue weighted by Gasteiger charge is -2.13. The van der Waals surface area contributed by atoms with Crippen molar-refractivity contribution in [2.75, 3.05) is 26.2 Å². The molecule has 1 saturated heterocycles. The minimum absolute atomic E-state index is 0.159. The summed E-state index contributed by atoms with van der Waals surface area (Å²) >= 11 is 0. The molecule has 0 atom stereocenters. The summed E-state index contributed by atoms with van der Waals surface area (Å²) in [5.74, 6) is -0.944. The first kappa shape index (κ1) is 21.6. The lowest BCUT2D eigenvalue weighted by Crippen LogP contribution is -2.40. The van der Waals surface area contributed by atoms with Crippen LogP contribution in [0.15, 0.2) is 38.4 Å². The minimum Gasteiger partial charge on any atom is -0.348 e. The van der Waals surface area contributed by atoms with E-state index >= 15 is 0 Å². The normalized spacial score (nSPS) is 14.1. The molecule has 2 aromatic heterocycles. The third kappa shape index (κ3) is 4.52. The highest BCUT2D eigenvalue weighted by molar-refractivity contribution is 5.89. The highest BCUT2D eigenvalue weighted by Crippen LogP contribution is 2.11. The van der Waals surface area contributed by atoms with E-state index < -0.39 is 17.2 Å². The second kappa shape index (κ2) is 9.27. The largest absolute Gasteiger partial charge is 0.351 e. The zero-order valence-electron chi connectivity index (χ0n) is 18.1. The van der Waals surface area contributed by atoms with Crippen LogP contribution in [0.2, 0.25) is 0 Å². The monoisotopic (exact) mass is 439 g/mol. The Hall–Kier alpha value is -3.60. The van der Waals surface area contributed by atoms with Gasteiger partial charge in [0.1, 0.15) is 0 Å². The molecule has 3 heterocycles. The number of amides is 1. The van der Waals surface area contributed by atoms with Gasteiger partial charge in [-0.15, -0.1) is 0 Å². The number of carbonyl (C=O) groups is 1. The van der Waals surface area contributed by atoms with Gasteiger partial charge in [-0.3, -0.25) is 14.2 Å². The van der Waals surface area contributed by atoms with Crippen molar-refractivity contribution in [3.05, 3.63) is 56.6 Å². The zero-order valence-corrected chi connectivity index (χ0v) is 18.1. The van der Waals surface area contributed by atoms with Crippen molar-refractivity contribution >= 4 is 5.91 Å². The van der Waals surface area contributed by atoms with Crippen LogP contribution in [0.25, 0.3) is 17.2 Å². The summed E-state index contributed by atoms with van der Waals surface area (Å²) < 4.78 is 7.04. The predicted molar refractivity (Wildman–Crippen MR) is 116 cm³/mol. The van der Waals surface area contributed by atoms with Crippen LogP contribution >= 0.6 is 0 Å². The number of nitrogens with one attached hydrogen (secondary N) is 1. The molecule has 1 aliphatic heterocycles. The molecule has 1 fully saturated rings. The van der Waals surface area contributed by atoms with Gasteiger partial charge >= 0.3 is 17.5 Å². The van der Waals surface area contributed by atoms with Gasteiger partial charge in [0, 0.05) is 13.6 Å². The van der Waals surface area contributed by atoms with Gasteiger partial charge in [-0.25, -0.2) is 4.79 Å². The fourth-order valence-electron chi connectivity index (χ4n) is 3.57. The number of likely N-dealkylation sites (tertiary alicyclic amines) is 1. The molecule has 3 aromatic rings. The molecule has 0 spiro atoms. The van der Waals surface area contributed by atoms with Gasteiger partial charge < -0.3 is 14.7 Å². The predicted octanol–water partition coefficient (Wildman–Crippen LogP) is 0.505. The van der Waals surface area contributed by atoms with E-state index in [0.29, 0.717) is 12.2 Å². The Morgan fingerprint density at radius 3 is 2.59 bits per heavy atom. The molecule has 32 heavy (non-hydrogen) atoms. The van der Waals surface area contributed by atoms with Crippen LogP contribution in [0.5, 0.6) is 0 Å². The van der Waals surface area contributed by atoms with Gasteiger partial charge in [-0.1, -0.05) is 22.9 Å². The second-order valence-electron chi connectivity index (χ2n) is 7.82. The maximum absolute atomic E-state index is 12.6. The Kier molecular flexibility index (Phi) is 6.26. The molecule has 11 heteroatoms. The maximum atomic E-state index is 12.6. The smallest absolute Gasteiger partial charge is 0.348 e. The highest BCUT2D eigenvalue weighted by atomic mass is 16.5. The van der Waals surface area contributed by atoms with E-state index in [2.05, 4.69) is 25.5 Å². The Labute approximate surface area is 183 Å². The molecule has 1 amide bonds. The van der Waals surface area contributed by atoms with Gasteiger partial charge in [-0.2, -0.15) is 14.8 Å². The Bertz CT molecular complexity index is 1220. The second-order valence-corrected chi connectivity index (χ2v) is 7.82. The lowest BCUT2D eigenvalue weighted by molar-refractivity contribution is 0.0908. The van der Waals surface area contributed by atoms with Crippen LogP contribution in [-0.4, -0.2) is 61.5 Å². The lowest BCUT2D eigenvalue weighted by atomic mass is 10.2. The van der Waals surface area contributed by atoms with Crippen molar-refractivity contribution < 1.29 is 9.32 Å². The number of carbonyl (C=O) groups excluding carboxylic acids is 1. The highest BCUT2D eigenvalue weighted by Gasteiger charge is 2.22. The summed E-state index contributed by atoms with van der Waals surface area (Å²) in [4.78, 5) is 43.9. The molecular weight excluding hydrogens is 414 g/mol. The van der Waals surface area contributed by atoms with E-state index in [4.69, 9.17) is 4.52 Å². The Morgan fingerprint density at radius 1 is 1.16 bits per heavy atom. The maximum Gasteiger partial charge on any atom is 0.351 e. The molecule has 1 N–H and O–H groups in total. The third-order valence-electron chi connectivity index (χ3n) is 5.42. The van der Waals surface area contributed by atoms with Crippen LogP contribution in [0.4, 0.5) is 0 Å². The summed E-state index contributed by atoms with van der Waals surface area (Å²) in [7, 11) is 1.34. The van der Waals surface area contributed by atoms with Crippen molar-refractivity contribution in [2.24, 2.45) is 7.05 Å². The van der Waals surface area contributed by atoms with Gasteiger partial charge in [-0.05, 0) is 58.0 Å². The molecule has 0 aliphatic carbocycles. The fraction of sp³-hybridized carbons (Fsp3) is 0.429. The summed E-state index contributed by atoms with van der Waals surface area (Å²) in [6.45, 7) is 5.53. The molecule has 4 rings (SSSR count). The van der Waals surface area contributed by atoms with Crippen molar-refractivity contribution in [3.63, 3.8) is 0 Å². The zero-order chi connectivity index (χ0) is 22.7. The van der Waals surface area contributed by atoms with E-state index in [9.17, 15) is 14.4 Å². The molecule has 1 aliphatic rings. The van der Waals surface area contributed by atoms with Crippen LogP contribution in [0, 0.1) is 6.92 Å². The third-order valence-corrected chi connectivity index (χ3v) is 5.42. The molecule has 0 radical (unpaired) electrons. The molecule has 0 bridgehead atoms. The topological polar surface area (TPSA) is 128 Å². The quantitative estimate of drug-likeness (QED) is 0.527. The standard InChI is InChI=1S/C21H25N7O4/c1-14-6-8-15(9-7-14)28-21(31)26(2)20(30)16(24-28)17-23-19(32-25-17)18(29)22-10-5-13-27-11-3-4-12-27/h6-9H,3-5,10-13H2,1-2H3,(H,22,29). The average Bonchev–Trinajstić information content (AvgIpc) is 3.48. The molecule has 11 nitrogen and oxygen atoms in total. The van der Waals surface area contributed by atoms with Crippen LogP contribution in [0.3, 0.4) is 0 Å². The van der Waals surface area contributed by atoms with E-state index in [1.807, 2.05) is 19.1 Å². The number of hydrogen-bond donors (Lipinski definition) is 1. The Morgan fingerprint density at radius 2 is 1.88 bits per heavy atom. The average molecular weight is 439 g/mol. The van der Waals surface area contributed by atoms with E-state index in [0.717, 1.165) is 40.9 Å². The summed E-state index contributed by atoms with van der Waals surface area (Å²) in [6, 6.07) is 7.09. The van der Waals surface area contributed by atoms with Crippen molar-refractivity contribution in [1.82, 2.24) is 34.7 Å². The van der Waals surface area contributed by atoms with E-state index in [1.165, 1.54) is 19.9 Å². The molecular formula is C21H25N7O4. The van der Waals surface area contributed by atoms with Gasteiger partial charge in [0.25, 0.3) is 5.56 Å².